The van der Waals surface area contributed by atoms with Crippen LogP contribution in [0.3, 0.4) is 0 Å². The SMILES string of the molecule is Cc1cccc(Oc2ccc(C(N)=NO)cc2Cl)c1. The number of ether oxygens (including phenoxy) is 1. The number of rotatable bonds is 3. The smallest absolute Gasteiger partial charge is 0.170 e. The number of aryl methyl sites for hydroxylation is 1. The molecule has 0 aliphatic carbocycles. The van der Waals surface area contributed by atoms with E-state index in [1.165, 1.54) is 0 Å². The molecule has 2 aromatic carbocycles. The lowest BCUT2D eigenvalue weighted by Crippen LogP contribution is -2.12. The summed E-state index contributed by atoms with van der Waals surface area (Å²) in [6.45, 7) is 1.98. The topological polar surface area (TPSA) is 67.8 Å². The third kappa shape index (κ3) is 3.17. The van der Waals surface area contributed by atoms with Gasteiger partial charge in [0.25, 0.3) is 0 Å². The number of hydrogen-bond acceptors (Lipinski definition) is 3. The fourth-order valence-corrected chi connectivity index (χ4v) is 1.83. The molecule has 2 aromatic rings. The van der Waals surface area contributed by atoms with E-state index in [4.69, 9.17) is 27.3 Å². The maximum Gasteiger partial charge on any atom is 0.170 e. The molecule has 4 nitrogen and oxygen atoms in total. The van der Waals surface area contributed by atoms with E-state index in [0.717, 1.165) is 5.56 Å². The summed E-state index contributed by atoms with van der Waals surface area (Å²) in [6.07, 6.45) is 0. The molecule has 0 bridgehead atoms. The first-order valence-electron chi connectivity index (χ1n) is 5.62. The molecule has 98 valence electrons. The summed E-state index contributed by atoms with van der Waals surface area (Å²) < 4.78 is 5.68. The number of oxime groups is 1. The normalized spacial score (nSPS) is 11.4. The van der Waals surface area contributed by atoms with Crippen molar-refractivity contribution < 1.29 is 9.94 Å². The van der Waals surface area contributed by atoms with Crippen molar-refractivity contribution in [2.45, 2.75) is 6.92 Å². The molecule has 0 spiro atoms. The van der Waals surface area contributed by atoms with Crippen molar-refractivity contribution in [2.75, 3.05) is 0 Å². The molecule has 0 saturated heterocycles. The van der Waals surface area contributed by atoms with Gasteiger partial charge in [0.2, 0.25) is 0 Å². The first-order valence-corrected chi connectivity index (χ1v) is 6.00. The number of amidine groups is 1. The average molecular weight is 277 g/mol. The molecule has 0 heterocycles. The second-order valence-corrected chi connectivity index (χ2v) is 4.46. The Bertz CT molecular complexity index is 627. The highest BCUT2D eigenvalue weighted by Crippen LogP contribution is 2.30. The van der Waals surface area contributed by atoms with Crippen molar-refractivity contribution in [3.05, 3.63) is 58.6 Å². The first kappa shape index (κ1) is 13.2. The number of nitrogens with zero attached hydrogens (tertiary/aromatic N) is 1. The molecule has 0 fully saturated rings. The molecular weight excluding hydrogens is 264 g/mol. The minimum atomic E-state index is 0.00371. The van der Waals surface area contributed by atoms with Gasteiger partial charge in [0, 0.05) is 5.56 Å². The van der Waals surface area contributed by atoms with Crippen LogP contribution in [0.4, 0.5) is 0 Å². The number of benzene rings is 2. The molecule has 3 N–H and O–H groups in total. The summed E-state index contributed by atoms with van der Waals surface area (Å²) in [5.74, 6) is 1.23. The Hall–Kier alpha value is -2.20. The van der Waals surface area contributed by atoms with Gasteiger partial charge in [-0.2, -0.15) is 0 Å². The van der Waals surface area contributed by atoms with E-state index in [-0.39, 0.29) is 5.84 Å². The fourth-order valence-electron chi connectivity index (χ4n) is 1.61. The van der Waals surface area contributed by atoms with Crippen LogP contribution in [0.2, 0.25) is 5.02 Å². The predicted octanol–water partition coefficient (Wildman–Crippen LogP) is 3.54. The van der Waals surface area contributed by atoms with Gasteiger partial charge in [0.05, 0.1) is 5.02 Å². The molecule has 0 aromatic heterocycles. The molecule has 0 amide bonds. The Kier molecular flexibility index (Phi) is 3.92. The number of nitrogens with two attached hydrogens (primary N) is 1. The van der Waals surface area contributed by atoms with Crippen molar-refractivity contribution in [3.63, 3.8) is 0 Å². The van der Waals surface area contributed by atoms with Gasteiger partial charge < -0.3 is 15.7 Å². The summed E-state index contributed by atoms with van der Waals surface area (Å²) in [5, 5.41) is 11.9. The summed E-state index contributed by atoms with van der Waals surface area (Å²) in [6, 6.07) is 12.6. The molecule has 19 heavy (non-hydrogen) atoms. The molecule has 0 saturated carbocycles. The molecule has 0 aliphatic heterocycles. The molecule has 2 rings (SSSR count). The van der Waals surface area contributed by atoms with Crippen LogP contribution < -0.4 is 10.5 Å². The van der Waals surface area contributed by atoms with Crippen molar-refractivity contribution >= 4 is 17.4 Å². The van der Waals surface area contributed by atoms with E-state index in [9.17, 15) is 0 Å². The molecule has 0 aliphatic rings. The maximum absolute atomic E-state index is 8.60. The lowest BCUT2D eigenvalue weighted by molar-refractivity contribution is 0.318. The second-order valence-electron chi connectivity index (χ2n) is 4.05. The van der Waals surface area contributed by atoms with E-state index in [1.54, 1.807) is 18.2 Å². The van der Waals surface area contributed by atoms with Crippen LogP contribution in [0.1, 0.15) is 11.1 Å². The van der Waals surface area contributed by atoms with Crippen LogP contribution in [-0.4, -0.2) is 11.0 Å². The van der Waals surface area contributed by atoms with Gasteiger partial charge in [-0.3, -0.25) is 0 Å². The van der Waals surface area contributed by atoms with Crippen molar-refractivity contribution in [2.24, 2.45) is 10.9 Å². The third-order valence-corrected chi connectivity index (χ3v) is 2.85. The summed E-state index contributed by atoms with van der Waals surface area (Å²) in [5.41, 5.74) is 7.12. The zero-order valence-corrected chi connectivity index (χ0v) is 11.1. The van der Waals surface area contributed by atoms with E-state index in [0.29, 0.717) is 22.1 Å². The number of hydrogen-bond donors (Lipinski definition) is 2. The van der Waals surface area contributed by atoms with Crippen LogP contribution in [0.25, 0.3) is 0 Å². The Morgan fingerprint density at radius 2 is 2.05 bits per heavy atom. The van der Waals surface area contributed by atoms with E-state index >= 15 is 0 Å². The Balaban J connectivity index is 2.27. The van der Waals surface area contributed by atoms with Gasteiger partial charge in [-0.1, -0.05) is 28.9 Å². The van der Waals surface area contributed by atoms with Crippen LogP contribution in [0, 0.1) is 6.92 Å². The zero-order chi connectivity index (χ0) is 13.8. The van der Waals surface area contributed by atoms with Gasteiger partial charge in [-0.15, -0.1) is 0 Å². The Morgan fingerprint density at radius 1 is 1.26 bits per heavy atom. The van der Waals surface area contributed by atoms with E-state index < -0.39 is 0 Å². The van der Waals surface area contributed by atoms with E-state index in [2.05, 4.69) is 5.16 Å². The van der Waals surface area contributed by atoms with Gasteiger partial charge in [0.15, 0.2) is 5.84 Å². The monoisotopic (exact) mass is 276 g/mol. The van der Waals surface area contributed by atoms with Crippen LogP contribution >= 0.6 is 11.6 Å². The van der Waals surface area contributed by atoms with Crippen LogP contribution in [-0.2, 0) is 0 Å². The lowest BCUT2D eigenvalue weighted by atomic mass is 10.2. The van der Waals surface area contributed by atoms with Gasteiger partial charge in [-0.25, -0.2) is 0 Å². The molecule has 0 unspecified atom stereocenters. The lowest BCUT2D eigenvalue weighted by Gasteiger charge is -2.09. The highest BCUT2D eigenvalue weighted by atomic mass is 35.5. The number of halogens is 1. The molecule has 0 atom stereocenters. The summed E-state index contributed by atoms with van der Waals surface area (Å²) in [7, 11) is 0. The standard InChI is InChI=1S/C14H13ClN2O2/c1-9-3-2-4-11(7-9)19-13-6-5-10(8-12(13)15)14(16)17-18/h2-8,18H,1H3,(H2,16,17). The third-order valence-electron chi connectivity index (χ3n) is 2.55. The summed E-state index contributed by atoms with van der Waals surface area (Å²) in [4.78, 5) is 0. The predicted molar refractivity (Wildman–Crippen MR) is 75.2 cm³/mol. The van der Waals surface area contributed by atoms with Gasteiger partial charge in [-0.05, 0) is 42.8 Å². The van der Waals surface area contributed by atoms with Gasteiger partial charge in [0.1, 0.15) is 11.5 Å². The highest BCUT2D eigenvalue weighted by molar-refractivity contribution is 6.32. The minimum Gasteiger partial charge on any atom is -0.456 e. The first-order chi connectivity index (χ1) is 9.10. The zero-order valence-electron chi connectivity index (χ0n) is 10.3. The Morgan fingerprint density at radius 3 is 2.68 bits per heavy atom. The largest absolute Gasteiger partial charge is 0.456 e. The maximum atomic E-state index is 8.60. The van der Waals surface area contributed by atoms with Crippen LogP contribution in [0.15, 0.2) is 47.6 Å². The van der Waals surface area contributed by atoms with Crippen LogP contribution in [0.5, 0.6) is 11.5 Å². The average Bonchev–Trinajstić information content (AvgIpc) is 2.40. The molecule has 5 heteroatoms. The van der Waals surface area contributed by atoms with Crippen molar-refractivity contribution in [1.29, 1.82) is 0 Å². The van der Waals surface area contributed by atoms with E-state index in [1.807, 2.05) is 31.2 Å². The second kappa shape index (κ2) is 5.63. The van der Waals surface area contributed by atoms with Gasteiger partial charge >= 0.3 is 0 Å². The van der Waals surface area contributed by atoms with Crippen molar-refractivity contribution in [1.82, 2.24) is 0 Å². The highest BCUT2D eigenvalue weighted by Gasteiger charge is 2.07. The summed E-state index contributed by atoms with van der Waals surface area (Å²) >= 11 is 6.10. The molecule has 0 radical (unpaired) electrons. The fraction of sp³-hybridized carbons (Fsp3) is 0.0714. The minimum absolute atomic E-state index is 0.00371. The quantitative estimate of drug-likeness (QED) is 0.390. The molecular formula is C14H13ClN2O2. The Labute approximate surface area is 116 Å². The van der Waals surface area contributed by atoms with Crippen molar-refractivity contribution in [3.8, 4) is 11.5 Å².